The van der Waals surface area contributed by atoms with Crippen molar-refractivity contribution in [3.63, 3.8) is 0 Å². The van der Waals surface area contributed by atoms with E-state index in [0.29, 0.717) is 11.3 Å². The maximum atomic E-state index is 11.7. The van der Waals surface area contributed by atoms with E-state index >= 15 is 0 Å². The van der Waals surface area contributed by atoms with Crippen LogP contribution in [0, 0.1) is 0 Å². The fourth-order valence-corrected chi connectivity index (χ4v) is 4.85. The molecule has 0 aromatic heterocycles. The van der Waals surface area contributed by atoms with Crippen molar-refractivity contribution in [2.24, 2.45) is 5.73 Å². The Balaban J connectivity index is 2.52. The van der Waals surface area contributed by atoms with E-state index < -0.39 is 35.9 Å². The highest BCUT2D eigenvalue weighted by molar-refractivity contribution is 7.93. The summed E-state index contributed by atoms with van der Waals surface area (Å²) in [5.41, 5.74) is 10.8. The summed E-state index contributed by atoms with van der Waals surface area (Å²) in [7, 11) is -9.81. The van der Waals surface area contributed by atoms with Crippen molar-refractivity contribution >= 4 is 32.0 Å². The van der Waals surface area contributed by atoms with Gasteiger partial charge in [0.15, 0.2) is 0 Å². The third-order valence-corrected chi connectivity index (χ3v) is 5.83. The van der Waals surface area contributed by atoms with Crippen LogP contribution in [0.2, 0.25) is 0 Å². The number of hydrogen-bond acceptors (Lipinski definition) is 6. The smallest absolute Gasteiger partial charge is 0.292 e. The summed E-state index contributed by atoms with van der Waals surface area (Å²) in [5.74, 6) is 0. The topological polar surface area (TPSA) is 161 Å². The molecular formula is C14H16N2O6S2. The molecule has 8 nitrogen and oxygen atoms in total. The minimum atomic E-state index is -4.93. The van der Waals surface area contributed by atoms with Gasteiger partial charge in [-0.2, -0.15) is 16.8 Å². The van der Waals surface area contributed by atoms with Crippen molar-refractivity contribution in [3.05, 3.63) is 59.0 Å². The first-order valence-corrected chi connectivity index (χ1v) is 9.55. The Kier molecular flexibility index (Phi) is 4.70. The second-order valence-corrected chi connectivity index (χ2v) is 8.22. The van der Waals surface area contributed by atoms with Gasteiger partial charge < -0.3 is 11.5 Å². The van der Waals surface area contributed by atoms with E-state index in [1.54, 1.807) is 24.3 Å². The lowest BCUT2D eigenvalue weighted by atomic mass is 9.90. The molecule has 24 heavy (non-hydrogen) atoms. The molecule has 0 saturated carbocycles. The van der Waals surface area contributed by atoms with Gasteiger partial charge in [-0.1, -0.05) is 36.4 Å². The number of anilines is 1. The lowest BCUT2D eigenvalue weighted by molar-refractivity contribution is 0.449. The molecule has 0 amide bonds. The van der Waals surface area contributed by atoms with Gasteiger partial charge >= 0.3 is 0 Å². The summed E-state index contributed by atoms with van der Waals surface area (Å²) >= 11 is 0. The number of nitrogen functional groups attached to an aromatic ring is 1. The van der Waals surface area contributed by atoms with Crippen LogP contribution in [0.25, 0.3) is 6.08 Å². The van der Waals surface area contributed by atoms with E-state index in [1.807, 2.05) is 0 Å². The predicted octanol–water partition coefficient (Wildman–Crippen LogP) is 0.577. The zero-order valence-electron chi connectivity index (χ0n) is 12.3. The van der Waals surface area contributed by atoms with Crippen LogP contribution in [0.5, 0.6) is 0 Å². The van der Waals surface area contributed by atoms with Gasteiger partial charge in [0, 0.05) is 5.69 Å². The second kappa shape index (κ2) is 6.15. The van der Waals surface area contributed by atoms with Crippen molar-refractivity contribution < 1.29 is 25.9 Å². The minimum Gasteiger partial charge on any atom is -0.399 e. The van der Waals surface area contributed by atoms with Crippen LogP contribution < -0.4 is 11.5 Å². The van der Waals surface area contributed by atoms with E-state index in [0.717, 1.165) is 6.08 Å². The maximum absolute atomic E-state index is 11.7. The van der Waals surface area contributed by atoms with Gasteiger partial charge in [0.05, 0.1) is 10.4 Å². The van der Waals surface area contributed by atoms with Crippen LogP contribution in [0.1, 0.15) is 5.56 Å². The molecule has 1 aliphatic rings. The monoisotopic (exact) mass is 372 g/mol. The summed E-state index contributed by atoms with van der Waals surface area (Å²) in [5, 5.41) is -2.07. The summed E-state index contributed by atoms with van der Waals surface area (Å²) < 4.78 is 64.9. The van der Waals surface area contributed by atoms with Crippen molar-refractivity contribution in [2.45, 2.75) is 10.8 Å². The average molecular weight is 372 g/mol. The van der Waals surface area contributed by atoms with E-state index in [-0.39, 0.29) is 0 Å². The molecule has 0 bridgehead atoms. The fraction of sp³-hybridized carbons (Fsp3) is 0.143. The number of rotatable bonds is 4. The van der Waals surface area contributed by atoms with E-state index in [2.05, 4.69) is 0 Å². The summed E-state index contributed by atoms with van der Waals surface area (Å²) in [6.45, 7) is 0. The summed E-state index contributed by atoms with van der Waals surface area (Å²) in [4.78, 5) is -0.906. The lowest BCUT2D eigenvalue weighted by Crippen LogP contribution is -2.54. The zero-order chi connectivity index (χ0) is 18.2. The number of benzene rings is 1. The molecule has 130 valence electrons. The molecular weight excluding hydrogens is 356 g/mol. The molecule has 1 aromatic carbocycles. The van der Waals surface area contributed by atoms with Crippen LogP contribution in [0.4, 0.5) is 5.69 Å². The van der Waals surface area contributed by atoms with Crippen molar-refractivity contribution in [1.29, 1.82) is 0 Å². The van der Waals surface area contributed by atoms with E-state index in [4.69, 9.17) is 11.5 Å². The first-order valence-electron chi connectivity index (χ1n) is 6.60. The fourth-order valence-electron chi connectivity index (χ4n) is 2.35. The number of allylic oxidation sites excluding steroid dienone is 2. The number of nitrogens with two attached hydrogens (primary N) is 2. The first kappa shape index (κ1) is 18.4. The van der Waals surface area contributed by atoms with Gasteiger partial charge in [0.2, 0.25) is 0 Å². The van der Waals surface area contributed by atoms with Crippen molar-refractivity contribution in [2.75, 3.05) is 5.73 Å². The molecule has 0 spiro atoms. The van der Waals surface area contributed by atoms with Gasteiger partial charge in [0.1, 0.15) is 5.25 Å². The highest BCUT2D eigenvalue weighted by Crippen LogP contribution is 2.32. The molecule has 2 unspecified atom stereocenters. The Labute approximate surface area is 139 Å². The molecule has 0 radical (unpaired) electrons. The molecule has 0 fully saturated rings. The third kappa shape index (κ3) is 3.91. The Hall–Kier alpha value is -1.98. The standard InChI is InChI=1S/C14H16N2O6S2/c15-11-5-3-10(4-6-11)7-9-14(16)8-1-2-12(23(17,18)19)13(14)24(20,21)22/h1-9,13H,15-16H2,(H,17,18,19)(H,20,21,22). The molecule has 6 N–H and O–H groups in total. The van der Waals surface area contributed by atoms with Crippen LogP contribution in [-0.4, -0.2) is 36.7 Å². The van der Waals surface area contributed by atoms with Crippen LogP contribution in [0.3, 0.4) is 0 Å². The van der Waals surface area contributed by atoms with Gasteiger partial charge in [-0.25, -0.2) is 0 Å². The van der Waals surface area contributed by atoms with E-state index in [1.165, 1.54) is 24.3 Å². The molecule has 1 aromatic rings. The Morgan fingerprint density at radius 1 is 1.08 bits per heavy atom. The first-order chi connectivity index (χ1) is 10.9. The van der Waals surface area contributed by atoms with Crippen molar-refractivity contribution in [3.8, 4) is 0 Å². The van der Waals surface area contributed by atoms with E-state index in [9.17, 15) is 25.9 Å². The Bertz CT molecular complexity index is 930. The summed E-state index contributed by atoms with van der Waals surface area (Å²) in [6.07, 6.45) is 5.96. The highest BCUT2D eigenvalue weighted by Gasteiger charge is 2.47. The third-order valence-electron chi connectivity index (χ3n) is 3.45. The quantitative estimate of drug-likeness (QED) is 0.441. The largest absolute Gasteiger partial charge is 0.399 e. The van der Waals surface area contributed by atoms with Gasteiger partial charge in [0.25, 0.3) is 20.2 Å². The van der Waals surface area contributed by atoms with Crippen LogP contribution in [-0.2, 0) is 20.2 Å². The molecule has 0 heterocycles. The number of hydrogen-bond donors (Lipinski definition) is 4. The SMILES string of the molecule is Nc1ccc(C=CC2(N)C=CC=C(S(=O)(=O)O)C2S(=O)(=O)O)cc1. The molecule has 10 heteroatoms. The Morgan fingerprint density at radius 2 is 1.67 bits per heavy atom. The predicted molar refractivity (Wildman–Crippen MR) is 90.9 cm³/mol. The van der Waals surface area contributed by atoms with Crippen LogP contribution >= 0.6 is 0 Å². The molecule has 2 atom stereocenters. The van der Waals surface area contributed by atoms with Gasteiger partial charge in [-0.15, -0.1) is 0 Å². The second-order valence-electron chi connectivity index (χ2n) is 5.30. The average Bonchev–Trinajstić information content (AvgIpc) is 2.44. The lowest BCUT2D eigenvalue weighted by Gasteiger charge is -2.32. The van der Waals surface area contributed by atoms with Gasteiger partial charge in [-0.3, -0.25) is 9.11 Å². The normalized spacial score (nSPS) is 25.0. The van der Waals surface area contributed by atoms with Gasteiger partial charge in [-0.05, 0) is 23.8 Å². The highest BCUT2D eigenvalue weighted by atomic mass is 32.2. The molecule has 0 aliphatic heterocycles. The minimum absolute atomic E-state index is 0.527. The zero-order valence-corrected chi connectivity index (χ0v) is 13.9. The van der Waals surface area contributed by atoms with Crippen molar-refractivity contribution in [1.82, 2.24) is 0 Å². The molecule has 0 saturated heterocycles. The Morgan fingerprint density at radius 3 is 2.17 bits per heavy atom. The maximum Gasteiger partial charge on any atom is 0.292 e. The van der Waals surface area contributed by atoms with Crippen LogP contribution in [0.15, 0.2) is 53.5 Å². The summed E-state index contributed by atoms with van der Waals surface area (Å²) in [6, 6.07) is 6.51. The molecule has 2 rings (SSSR count). The molecule has 1 aliphatic carbocycles.